The first-order valence-electron chi connectivity index (χ1n) is 8.11. The maximum Gasteiger partial charge on any atom is 0.0916 e. The van der Waals surface area contributed by atoms with E-state index in [4.69, 9.17) is 0 Å². The summed E-state index contributed by atoms with van der Waals surface area (Å²) < 4.78 is 0. The topological polar surface area (TPSA) is 23.5 Å². The van der Waals surface area contributed by atoms with Crippen LogP contribution in [0.15, 0.2) is 24.3 Å². The number of nitrogens with zero attached hydrogens (tertiary/aromatic N) is 1. The third-order valence-corrected chi connectivity index (χ3v) is 5.22. The van der Waals surface area contributed by atoms with Gasteiger partial charge >= 0.3 is 0 Å². The molecular formula is C18H29NO. The van der Waals surface area contributed by atoms with Crippen molar-refractivity contribution in [3.63, 3.8) is 0 Å². The van der Waals surface area contributed by atoms with Gasteiger partial charge in [-0.15, -0.1) is 0 Å². The Morgan fingerprint density at radius 1 is 1.15 bits per heavy atom. The van der Waals surface area contributed by atoms with Crippen LogP contribution in [0.1, 0.15) is 57.3 Å². The van der Waals surface area contributed by atoms with Gasteiger partial charge in [-0.25, -0.2) is 0 Å². The summed E-state index contributed by atoms with van der Waals surface area (Å²) in [7, 11) is 0. The van der Waals surface area contributed by atoms with Crippen LogP contribution in [0.4, 0.5) is 0 Å². The Kier molecular flexibility index (Phi) is 5.22. The van der Waals surface area contributed by atoms with E-state index in [9.17, 15) is 5.11 Å². The molecule has 0 saturated carbocycles. The summed E-state index contributed by atoms with van der Waals surface area (Å²) >= 11 is 0. The van der Waals surface area contributed by atoms with Crippen LogP contribution in [0.5, 0.6) is 0 Å². The zero-order chi connectivity index (χ0) is 14.6. The molecule has 1 aliphatic rings. The number of hydrogen-bond acceptors (Lipinski definition) is 2. The van der Waals surface area contributed by atoms with E-state index >= 15 is 0 Å². The Morgan fingerprint density at radius 2 is 1.80 bits per heavy atom. The second-order valence-corrected chi connectivity index (χ2v) is 6.30. The van der Waals surface area contributed by atoms with Gasteiger partial charge in [0, 0.05) is 13.1 Å². The molecule has 1 N–H and O–H groups in total. The fourth-order valence-corrected chi connectivity index (χ4v) is 3.34. The predicted octanol–water partition coefficient (Wildman–Crippen LogP) is 3.79. The van der Waals surface area contributed by atoms with Gasteiger partial charge in [-0.1, -0.05) is 45.0 Å². The normalized spacial score (nSPS) is 20.2. The highest BCUT2D eigenvalue weighted by molar-refractivity contribution is 5.24. The summed E-state index contributed by atoms with van der Waals surface area (Å²) in [6, 6.07) is 8.41. The number of likely N-dealkylation sites (tertiary alicyclic amines) is 1. The maximum atomic E-state index is 10.4. The predicted molar refractivity (Wildman–Crippen MR) is 84.9 cm³/mol. The van der Waals surface area contributed by atoms with Gasteiger partial charge in [-0.05, 0) is 48.8 Å². The Labute approximate surface area is 123 Å². The van der Waals surface area contributed by atoms with Gasteiger partial charge in [-0.3, -0.25) is 4.90 Å². The first kappa shape index (κ1) is 15.5. The first-order chi connectivity index (χ1) is 9.62. The summed E-state index contributed by atoms with van der Waals surface area (Å²) in [5.74, 6) is 0. The van der Waals surface area contributed by atoms with Crippen LogP contribution in [0.3, 0.4) is 0 Å². The average Bonchev–Trinajstić information content (AvgIpc) is 2.91. The lowest BCUT2D eigenvalue weighted by molar-refractivity contribution is 0.117. The lowest BCUT2D eigenvalue weighted by atomic mass is 9.82. The molecule has 2 heteroatoms. The molecule has 0 bridgehead atoms. The standard InChI is InChI=1S/C18H29NO/c1-4-15-7-9-16(10-8-15)17(20)13-19-12-11-18(5-2,6-3)14-19/h7-10,17,20H,4-6,11-14H2,1-3H3. The van der Waals surface area contributed by atoms with Crippen LogP contribution in [0, 0.1) is 5.41 Å². The summed E-state index contributed by atoms with van der Waals surface area (Å²) in [4.78, 5) is 2.44. The minimum absolute atomic E-state index is 0.356. The molecular weight excluding hydrogens is 246 g/mol. The molecule has 112 valence electrons. The molecule has 0 amide bonds. The second-order valence-electron chi connectivity index (χ2n) is 6.30. The van der Waals surface area contributed by atoms with Gasteiger partial charge < -0.3 is 5.11 Å². The van der Waals surface area contributed by atoms with Gasteiger partial charge in [0.25, 0.3) is 0 Å². The quantitative estimate of drug-likeness (QED) is 0.853. The number of hydrogen-bond donors (Lipinski definition) is 1. The number of rotatable bonds is 6. The molecule has 1 aliphatic heterocycles. The van der Waals surface area contributed by atoms with Crippen LogP contribution in [-0.2, 0) is 6.42 Å². The highest BCUT2D eigenvalue weighted by Crippen LogP contribution is 2.37. The van der Waals surface area contributed by atoms with Crippen molar-refractivity contribution >= 4 is 0 Å². The van der Waals surface area contributed by atoms with E-state index in [-0.39, 0.29) is 6.10 Å². The number of β-amino-alcohol motifs (C(OH)–C–C–N with tert-alkyl or cyclic N) is 1. The number of aliphatic hydroxyl groups is 1. The van der Waals surface area contributed by atoms with Crippen LogP contribution in [-0.4, -0.2) is 29.6 Å². The minimum Gasteiger partial charge on any atom is -0.387 e. The first-order valence-corrected chi connectivity index (χ1v) is 8.11. The monoisotopic (exact) mass is 275 g/mol. The third-order valence-electron chi connectivity index (χ3n) is 5.22. The van der Waals surface area contributed by atoms with Crippen LogP contribution in [0.25, 0.3) is 0 Å². The molecule has 1 aromatic rings. The van der Waals surface area contributed by atoms with Crippen molar-refractivity contribution in [2.75, 3.05) is 19.6 Å². The number of aliphatic hydroxyl groups excluding tert-OH is 1. The van der Waals surface area contributed by atoms with Gasteiger partial charge in [0.05, 0.1) is 6.10 Å². The molecule has 1 fully saturated rings. The number of aryl methyl sites for hydroxylation is 1. The van der Waals surface area contributed by atoms with Crippen LogP contribution in [0.2, 0.25) is 0 Å². The highest BCUT2D eigenvalue weighted by atomic mass is 16.3. The summed E-state index contributed by atoms with van der Waals surface area (Å²) in [6.07, 6.45) is 4.48. The molecule has 1 heterocycles. The van der Waals surface area contributed by atoms with Crippen molar-refractivity contribution in [1.29, 1.82) is 0 Å². The Morgan fingerprint density at radius 3 is 2.30 bits per heavy atom. The van der Waals surface area contributed by atoms with Crippen molar-refractivity contribution in [3.8, 4) is 0 Å². The molecule has 0 aliphatic carbocycles. The van der Waals surface area contributed by atoms with Gasteiger partial charge in [0.2, 0.25) is 0 Å². The molecule has 0 aromatic heterocycles. The Bertz CT molecular complexity index is 408. The smallest absolute Gasteiger partial charge is 0.0916 e. The molecule has 2 rings (SSSR count). The van der Waals surface area contributed by atoms with Gasteiger partial charge in [0.15, 0.2) is 0 Å². The van der Waals surface area contributed by atoms with E-state index in [0.717, 1.165) is 31.6 Å². The van der Waals surface area contributed by atoms with E-state index in [1.165, 1.54) is 24.8 Å². The second kappa shape index (κ2) is 6.73. The largest absolute Gasteiger partial charge is 0.387 e. The molecule has 1 saturated heterocycles. The summed E-state index contributed by atoms with van der Waals surface area (Å²) in [6.45, 7) is 9.80. The fourth-order valence-electron chi connectivity index (χ4n) is 3.34. The molecule has 1 aromatic carbocycles. The van der Waals surface area contributed by atoms with Crippen LogP contribution >= 0.6 is 0 Å². The Hall–Kier alpha value is -0.860. The van der Waals surface area contributed by atoms with Crippen molar-refractivity contribution in [3.05, 3.63) is 35.4 Å². The van der Waals surface area contributed by atoms with Crippen molar-refractivity contribution < 1.29 is 5.11 Å². The van der Waals surface area contributed by atoms with Crippen molar-refractivity contribution in [2.24, 2.45) is 5.41 Å². The summed E-state index contributed by atoms with van der Waals surface area (Å²) in [5, 5.41) is 10.4. The lowest BCUT2D eigenvalue weighted by Crippen LogP contribution is -2.30. The van der Waals surface area contributed by atoms with Crippen LogP contribution < -0.4 is 0 Å². The lowest BCUT2D eigenvalue weighted by Gasteiger charge is -2.27. The minimum atomic E-state index is -0.356. The molecule has 1 atom stereocenters. The van der Waals surface area contributed by atoms with E-state index in [0.29, 0.717) is 5.41 Å². The zero-order valence-electron chi connectivity index (χ0n) is 13.2. The third kappa shape index (κ3) is 3.42. The van der Waals surface area contributed by atoms with Crippen molar-refractivity contribution in [2.45, 2.75) is 52.6 Å². The van der Waals surface area contributed by atoms with Gasteiger partial charge in [-0.2, -0.15) is 0 Å². The molecule has 0 radical (unpaired) electrons. The van der Waals surface area contributed by atoms with E-state index in [1.807, 2.05) is 0 Å². The van der Waals surface area contributed by atoms with Gasteiger partial charge in [0.1, 0.15) is 0 Å². The fraction of sp³-hybridized carbons (Fsp3) is 0.667. The summed E-state index contributed by atoms with van der Waals surface area (Å²) in [5.41, 5.74) is 2.87. The average molecular weight is 275 g/mol. The molecule has 2 nitrogen and oxygen atoms in total. The number of benzene rings is 1. The molecule has 1 unspecified atom stereocenters. The van der Waals surface area contributed by atoms with E-state index < -0.39 is 0 Å². The SMILES string of the molecule is CCc1ccc(C(O)CN2CCC(CC)(CC)C2)cc1. The maximum absolute atomic E-state index is 10.4. The zero-order valence-corrected chi connectivity index (χ0v) is 13.2. The molecule has 20 heavy (non-hydrogen) atoms. The molecule has 0 spiro atoms. The van der Waals surface area contributed by atoms with E-state index in [1.54, 1.807) is 0 Å². The van der Waals surface area contributed by atoms with E-state index in [2.05, 4.69) is 49.9 Å². The van der Waals surface area contributed by atoms with Crippen molar-refractivity contribution in [1.82, 2.24) is 4.90 Å². The Balaban J connectivity index is 1.93. The highest BCUT2D eigenvalue weighted by Gasteiger charge is 2.35.